The number of carbonyl (C=O) groups is 1. The zero-order valence-electron chi connectivity index (χ0n) is 9.62. The molecule has 0 aliphatic rings. The molecule has 0 saturated heterocycles. The van der Waals surface area contributed by atoms with Crippen molar-refractivity contribution in [1.82, 2.24) is 4.72 Å². The van der Waals surface area contributed by atoms with Crippen LogP contribution in [0.2, 0.25) is 0 Å². The van der Waals surface area contributed by atoms with Gasteiger partial charge < -0.3 is 0 Å². The summed E-state index contributed by atoms with van der Waals surface area (Å²) in [5.74, 6) is -0.601. The highest BCUT2D eigenvalue weighted by Gasteiger charge is 2.18. The molecule has 1 rings (SSSR count). The molecule has 18 heavy (non-hydrogen) atoms. The zero-order chi connectivity index (χ0) is 13.8. The molecule has 0 heterocycles. The molecule has 0 unspecified atom stereocenters. The number of nitro groups is 1. The summed E-state index contributed by atoms with van der Waals surface area (Å²) in [6, 6.07) is 4.30. The van der Waals surface area contributed by atoms with Crippen LogP contribution in [0.5, 0.6) is 0 Å². The fourth-order valence-corrected chi connectivity index (χ4v) is 2.25. The minimum absolute atomic E-state index is 0.103. The predicted molar refractivity (Wildman–Crippen MR) is 63.3 cm³/mol. The van der Waals surface area contributed by atoms with Gasteiger partial charge in [-0.3, -0.25) is 14.9 Å². The summed E-state index contributed by atoms with van der Waals surface area (Å²) in [6.45, 7) is 1.75. The van der Waals surface area contributed by atoms with Crippen LogP contribution in [0.25, 0.3) is 0 Å². The fraction of sp³-hybridized carbons (Fsp3) is 0.300. The van der Waals surface area contributed by atoms with Gasteiger partial charge in [0.2, 0.25) is 5.91 Å². The monoisotopic (exact) mass is 272 g/mol. The van der Waals surface area contributed by atoms with Crippen molar-refractivity contribution in [1.29, 1.82) is 0 Å². The van der Waals surface area contributed by atoms with Gasteiger partial charge in [0.15, 0.2) is 0 Å². The van der Waals surface area contributed by atoms with Crippen molar-refractivity contribution in [2.75, 3.05) is 0 Å². The van der Waals surface area contributed by atoms with E-state index in [2.05, 4.69) is 0 Å². The summed E-state index contributed by atoms with van der Waals surface area (Å²) < 4.78 is 25.3. The number of benzene rings is 1. The molecule has 98 valence electrons. The van der Waals surface area contributed by atoms with Gasteiger partial charge in [-0.2, -0.15) is 0 Å². The van der Waals surface area contributed by atoms with E-state index in [1.165, 1.54) is 0 Å². The predicted octanol–water partition coefficient (Wildman–Crippen LogP) is 1.20. The van der Waals surface area contributed by atoms with E-state index in [9.17, 15) is 23.3 Å². The number of hydrogen-bond donors (Lipinski definition) is 1. The van der Waals surface area contributed by atoms with Crippen molar-refractivity contribution in [3.63, 3.8) is 0 Å². The molecule has 0 spiro atoms. The highest BCUT2D eigenvalue weighted by atomic mass is 32.2. The summed E-state index contributed by atoms with van der Waals surface area (Å²) in [7, 11) is -3.95. The first-order valence-corrected chi connectivity index (χ1v) is 6.65. The summed E-state index contributed by atoms with van der Waals surface area (Å²) in [5.41, 5.74) is -0.214. The quantitative estimate of drug-likeness (QED) is 0.640. The van der Waals surface area contributed by atoms with Crippen LogP contribution in [0.3, 0.4) is 0 Å². The molecule has 1 aromatic rings. The van der Waals surface area contributed by atoms with Gasteiger partial charge in [0.05, 0.1) is 9.82 Å². The second kappa shape index (κ2) is 5.58. The number of carbonyl (C=O) groups excluding carboxylic acids is 1. The Morgan fingerprint density at radius 1 is 1.33 bits per heavy atom. The first kappa shape index (κ1) is 14.1. The molecule has 1 aromatic carbocycles. The number of sulfonamides is 1. The van der Waals surface area contributed by atoms with Crippen molar-refractivity contribution >= 4 is 21.6 Å². The van der Waals surface area contributed by atoms with Crippen molar-refractivity contribution in [3.8, 4) is 0 Å². The van der Waals surface area contributed by atoms with E-state index in [-0.39, 0.29) is 17.0 Å². The molecule has 1 N–H and O–H groups in total. The molecule has 8 heteroatoms. The van der Waals surface area contributed by atoms with Gasteiger partial charge in [-0.25, -0.2) is 13.1 Å². The maximum atomic E-state index is 11.7. The second-order valence-electron chi connectivity index (χ2n) is 3.53. The average molecular weight is 272 g/mol. The van der Waals surface area contributed by atoms with E-state index in [1.54, 1.807) is 6.92 Å². The van der Waals surface area contributed by atoms with Crippen LogP contribution in [-0.4, -0.2) is 19.2 Å². The summed E-state index contributed by atoms with van der Waals surface area (Å²) >= 11 is 0. The zero-order valence-corrected chi connectivity index (χ0v) is 10.4. The Kier molecular flexibility index (Phi) is 4.38. The van der Waals surface area contributed by atoms with Gasteiger partial charge in [0.1, 0.15) is 0 Å². The third kappa shape index (κ3) is 3.52. The number of rotatable bonds is 5. The number of non-ortho nitro benzene ring substituents is 1. The first-order valence-electron chi connectivity index (χ1n) is 5.17. The number of nitrogens with one attached hydrogen (secondary N) is 1. The Bertz CT molecular complexity index is 550. The van der Waals surface area contributed by atoms with E-state index in [0.29, 0.717) is 6.42 Å². The third-order valence-corrected chi connectivity index (χ3v) is 3.47. The second-order valence-corrected chi connectivity index (χ2v) is 5.21. The van der Waals surface area contributed by atoms with Crippen molar-refractivity contribution in [3.05, 3.63) is 34.4 Å². The van der Waals surface area contributed by atoms with Crippen LogP contribution < -0.4 is 4.72 Å². The molecule has 0 aliphatic heterocycles. The van der Waals surface area contributed by atoms with Crippen molar-refractivity contribution in [2.24, 2.45) is 0 Å². The van der Waals surface area contributed by atoms with Gasteiger partial charge >= 0.3 is 0 Å². The standard InChI is InChI=1S/C10H12N2O5S/c1-2-3-10(13)11-18(16,17)9-6-4-8(5-7-9)12(14)15/h4-7H,2-3H2,1H3,(H,11,13). The van der Waals surface area contributed by atoms with Gasteiger partial charge in [-0.15, -0.1) is 0 Å². The molecule has 0 fully saturated rings. The largest absolute Gasteiger partial charge is 0.274 e. The number of nitro benzene ring substituents is 1. The highest BCUT2D eigenvalue weighted by molar-refractivity contribution is 7.90. The topological polar surface area (TPSA) is 106 Å². The van der Waals surface area contributed by atoms with Crippen LogP contribution in [0, 0.1) is 10.1 Å². The van der Waals surface area contributed by atoms with E-state index < -0.39 is 20.9 Å². The highest BCUT2D eigenvalue weighted by Crippen LogP contribution is 2.15. The Balaban J connectivity index is 2.92. The molecule has 0 radical (unpaired) electrons. The van der Waals surface area contributed by atoms with Gasteiger partial charge in [-0.05, 0) is 18.6 Å². The Morgan fingerprint density at radius 3 is 2.33 bits per heavy atom. The summed E-state index contributed by atoms with van der Waals surface area (Å²) in [4.78, 5) is 20.8. The summed E-state index contributed by atoms with van der Waals surface area (Å²) in [6.07, 6.45) is 0.633. The molecular weight excluding hydrogens is 260 g/mol. The Morgan fingerprint density at radius 2 is 1.89 bits per heavy atom. The van der Waals surface area contributed by atoms with E-state index in [0.717, 1.165) is 24.3 Å². The minimum atomic E-state index is -3.95. The Hall–Kier alpha value is -1.96. The van der Waals surface area contributed by atoms with Gasteiger partial charge in [0.25, 0.3) is 15.7 Å². The fourth-order valence-electron chi connectivity index (χ4n) is 1.23. The maximum Gasteiger partial charge on any atom is 0.269 e. The number of nitrogens with zero attached hydrogens (tertiary/aromatic N) is 1. The lowest BCUT2D eigenvalue weighted by molar-refractivity contribution is -0.384. The molecule has 0 bridgehead atoms. The molecule has 0 aromatic heterocycles. The minimum Gasteiger partial charge on any atom is -0.274 e. The molecule has 0 aliphatic carbocycles. The van der Waals surface area contributed by atoms with Crippen LogP contribution >= 0.6 is 0 Å². The van der Waals surface area contributed by atoms with Crippen molar-refractivity contribution in [2.45, 2.75) is 24.7 Å². The lowest BCUT2D eigenvalue weighted by Crippen LogP contribution is -2.30. The van der Waals surface area contributed by atoms with Crippen LogP contribution in [0.15, 0.2) is 29.2 Å². The van der Waals surface area contributed by atoms with E-state index in [4.69, 9.17) is 0 Å². The molecule has 7 nitrogen and oxygen atoms in total. The first-order chi connectivity index (χ1) is 8.36. The van der Waals surface area contributed by atoms with Crippen LogP contribution in [0.4, 0.5) is 5.69 Å². The van der Waals surface area contributed by atoms with Crippen LogP contribution in [-0.2, 0) is 14.8 Å². The maximum absolute atomic E-state index is 11.7. The lowest BCUT2D eigenvalue weighted by Gasteiger charge is -2.05. The van der Waals surface area contributed by atoms with E-state index >= 15 is 0 Å². The molecule has 0 atom stereocenters. The van der Waals surface area contributed by atoms with Crippen molar-refractivity contribution < 1.29 is 18.1 Å². The summed E-state index contributed by atoms with van der Waals surface area (Å²) in [5, 5.41) is 10.4. The van der Waals surface area contributed by atoms with Gasteiger partial charge in [0, 0.05) is 18.6 Å². The average Bonchev–Trinajstić information content (AvgIpc) is 2.28. The van der Waals surface area contributed by atoms with E-state index in [1.807, 2.05) is 4.72 Å². The lowest BCUT2D eigenvalue weighted by atomic mass is 10.3. The SMILES string of the molecule is CCCC(=O)NS(=O)(=O)c1ccc([N+](=O)[O-])cc1. The molecule has 1 amide bonds. The third-order valence-electron chi connectivity index (χ3n) is 2.08. The molecular formula is C10H12N2O5S. The smallest absolute Gasteiger partial charge is 0.269 e. The number of amides is 1. The van der Waals surface area contributed by atoms with Gasteiger partial charge in [-0.1, -0.05) is 6.92 Å². The Labute approximate surface area is 104 Å². The van der Waals surface area contributed by atoms with Crippen LogP contribution in [0.1, 0.15) is 19.8 Å². The number of hydrogen-bond acceptors (Lipinski definition) is 5. The normalized spacial score (nSPS) is 10.9. The molecule has 0 saturated carbocycles.